The minimum atomic E-state index is -0.490. The van der Waals surface area contributed by atoms with Gasteiger partial charge in [0.1, 0.15) is 11.4 Å². The van der Waals surface area contributed by atoms with Crippen LogP contribution in [0.15, 0.2) is 40.5 Å². The Hall–Kier alpha value is -3.40. The van der Waals surface area contributed by atoms with Gasteiger partial charge in [0.25, 0.3) is 17.2 Å². The van der Waals surface area contributed by atoms with Crippen molar-refractivity contribution >= 4 is 39.4 Å². The second-order valence-corrected chi connectivity index (χ2v) is 7.79. The zero-order chi connectivity index (χ0) is 20.4. The fourth-order valence-electron chi connectivity index (χ4n) is 3.34. The molecule has 0 atom stereocenters. The summed E-state index contributed by atoms with van der Waals surface area (Å²) in [7, 11) is 0. The number of non-ortho nitro benzene ring substituents is 1. The van der Waals surface area contributed by atoms with Crippen LogP contribution in [0, 0.1) is 10.1 Å². The number of hydrogen-bond donors (Lipinski definition) is 1. The Morgan fingerprint density at radius 3 is 2.83 bits per heavy atom. The second kappa shape index (κ2) is 7.92. The van der Waals surface area contributed by atoms with E-state index in [0.717, 1.165) is 36.1 Å². The van der Waals surface area contributed by atoms with Crippen LogP contribution in [-0.4, -0.2) is 26.6 Å². The van der Waals surface area contributed by atoms with E-state index in [4.69, 9.17) is 0 Å². The third-order valence-electron chi connectivity index (χ3n) is 4.76. The standard InChI is InChI=1S/C19H17N5O4S/c25-16(22-21-9-12-5-7-13(8-6-12)24(27)28)10-23-11-20-18-17(19(23)26)14-3-1-2-4-15(14)29-18/h5-9,11H,1-4,10H2,(H,22,25). The Labute approximate surface area is 168 Å². The number of hydrazone groups is 1. The topological polar surface area (TPSA) is 119 Å². The predicted octanol–water partition coefficient (Wildman–Crippen LogP) is 2.40. The molecule has 0 bridgehead atoms. The predicted molar refractivity (Wildman–Crippen MR) is 109 cm³/mol. The first kappa shape index (κ1) is 18.9. The lowest BCUT2D eigenvalue weighted by Gasteiger charge is -2.10. The summed E-state index contributed by atoms with van der Waals surface area (Å²) < 4.78 is 1.29. The monoisotopic (exact) mass is 411 g/mol. The van der Waals surface area contributed by atoms with Crippen molar-refractivity contribution in [1.82, 2.24) is 15.0 Å². The lowest BCUT2D eigenvalue weighted by molar-refractivity contribution is -0.384. The van der Waals surface area contributed by atoms with Gasteiger partial charge < -0.3 is 0 Å². The van der Waals surface area contributed by atoms with E-state index in [2.05, 4.69) is 15.5 Å². The molecular formula is C19H17N5O4S. The number of nitro groups is 1. The third-order valence-corrected chi connectivity index (χ3v) is 5.96. The molecule has 1 aromatic carbocycles. The second-order valence-electron chi connectivity index (χ2n) is 6.71. The Balaban J connectivity index is 1.45. The van der Waals surface area contributed by atoms with E-state index >= 15 is 0 Å². The van der Waals surface area contributed by atoms with Gasteiger partial charge in [0.2, 0.25) is 0 Å². The molecule has 3 aromatic rings. The van der Waals surface area contributed by atoms with Gasteiger partial charge in [0.15, 0.2) is 0 Å². The van der Waals surface area contributed by atoms with Crippen molar-refractivity contribution < 1.29 is 9.72 Å². The third kappa shape index (κ3) is 3.92. The number of nitrogens with one attached hydrogen (secondary N) is 1. The SMILES string of the molecule is O=C(Cn1cnc2sc3c(c2c1=O)CCCC3)NN=Cc1ccc([N+](=O)[O-])cc1. The molecule has 9 nitrogen and oxygen atoms in total. The highest BCUT2D eigenvalue weighted by Crippen LogP contribution is 2.33. The van der Waals surface area contributed by atoms with Crippen molar-refractivity contribution in [2.45, 2.75) is 32.2 Å². The van der Waals surface area contributed by atoms with Gasteiger partial charge in [-0.1, -0.05) is 0 Å². The van der Waals surface area contributed by atoms with Crippen LogP contribution in [0.4, 0.5) is 5.69 Å². The van der Waals surface area contributed by atoms with E-state index in [1.54, 1.807) is 11.3 Å². The Kier molecular flexibility index (Phi) is 5.17. The number of rotatable bonds is 5. The van der Waals surface area contributed by atoms with Gasteiger partial charge in [-0.2, -0.15) is 5.10 Å². The smallest absolute Gasteiger partial charge is 0.269 e. The number of carbonyl (C=O) groups is 1. The number of carbonyl (C=O) groups excluding carboxylic acids is 1. The summed E-state index contributed by atoms with van der Waals surface area (Å²) in [5.74, 6) is -0.462. The van der Waals surface area contributed by atoms with Gasteiger partial charge in [0, 0.05) is 17.0 Å². The molecule has 0 fully saturated rings. The Morgan fingerprint density at radius 1 is 1.31 bits per heavy atom. The maximum Gasteiger partial charge on any atom is 0.269 e. The number of thiophene rings is 1. The summed E-state index contributed by atoms with van der Waals surface area (Å²) in [5.41, 5.74) is 3.81. The highest BCUT2D eigenvalue weighted by atomic mass is 32.1. The van der Waals surface area contributed by atoms with Crippen LogP contribution < -0.4 is 11.0 Å². The summed E-state index contributed by atoms with van der Waals surface area (Å²) in [4.78, 5) is 41.5. The molecule has 0 unspecified atom stereocenters. The van der Waals surface area contributed by atoms with Crippen LogP contribution in [0.25, 0.3) is 10.2 Å². The normalized spacial score (nSPS) is 13.5. The van der Waals surface area contributed by atoms with Crippen LogP contribution in [0.5, 0.6) is 0 Å². The molecule has 29 heavy (non-hydrogen) atoms. The van der Waals surface area contributed by atoms with Crippen LogP contribution >= 0.6 is 11.3 Å². The summed E-state index contributed by atoms with van der Waals surface area (Å²) in [5, 5.41) is 15.1. The molecule has 0 aliphatic heterocycles. The average molecular weight is 411 g/mol. The Bertz CT molecular complexity index is 1180. The number of fused-ring (bicyclic) bond motifs is 3. The number of nitrogens with zero attached hydrogens (tertiary/aromatic N) is 4. The van der Waals surface area contributed by atoms with E-state index in [-0.39, 0.29) is 17.8 Å². The van der Waals surface area contributed by atoms with E-state index in [1.807, 2.05) is 0 Å². The fraction of sp³-hybridized carbons (Fsp3) is 0.263. The van der Waals surface area contributed by atoms with Crippen molar-refractivity contribution in [3.63, 3.8) is 0 Å². The molecule has 0 radical (unpaired) electrons. The number of nitro benzene ring substituents is 1. The minimum Gasteiger partial charge on any atom is -0.289 e. The van der Waals surface area contributed by atoms with Gasteiger partial charge in [-0.15, -0.1) is 11.3 Å². The molecule has 0 spiro atoms. The molecule has 10 heteroatoms. The highest BCUT2D eigenvalue weighted by molar-refractivity contribution is 7.18. The number of amides is 1. The van der Waals surface area contributed by atoms with Crippen molar-refractivity contribution in [2.75, 3.05) is 0 Å². The summed E-state index contributed by atoms with van der Waals surface area (Å²) in [6, 6.07) is 5.75. The van der Waals surface area contributed by atoms with Crippen molar-refractivity contribution in [3.05, 3.63) is 67.1 Å². The lowest BCUT2D eigenvalue weighted by atomic mass is 9.97. The lowest BCUT2D eigenvalue weighted by Crippen LogP contribution is -2.30. The van der Waals surface area contributed by atoms with Gasteiger partial charge in [0.05, 0.1) is 22.9 Å². The molecule has 1 N–H and O–H groups in total. The van der Waals surface area contributed by atoms with Gasteiger partial charge in [-0.05, 0) is 48.9 Å². The number of hydrogen-bond acceptors (Lipinski definition) is 7. The molecule has 4 rings (SSSR count). The molecule has 2 aromatic heterocycles. The number of aromatic nitrogens is 2. The molecule has 1 amide bonds. The largest absolute Gasteiger partial charge is 0.289 e. The molecular weight excluding hydrogens is 394 g/mol. The minimum absolute atomic E-state index is 0.0240. The maximum absolute atomic E-state index is 12.8. The van der Waals surface area contributed by atoms with Crippen LogP contribution in [-0.2, 0) is 24.2 Å². The Morgan fingerprint density at radius 2 is 2.07 bits per heavy atom. The fourth-order valence-corrected chi connectivity index (χ4v) is 4.56. The number of benzene rings is 1. The zero-order valence-electron chi connectivity index (χ0n) is 15.3. The van der Waals surface area contributed by atoms with Crippen molar-refractivity contribution in [1.29, 1.82) is 0 Å². The van der Waals surface area contributed by atoms with Gasteiger partial charge in [-0.25, -0.2) is 10.4 Å². The first-order valence-corrected chi connectivity index (χ1v) is 9.90. The average Bonchev–Trinajstić information content (AvgIpc) is 3.10. The summed E-state index contributed by atoms with van der Waals surface area (Å²) in [6.07, 6.45) is 6.82. The van der Waals surface area contributed by atoms with Crippen LogP contribution in [0.3, 0.4) is 0 Å². The first-order chi connectivity index (χ1) is 14.0. The van der Waals surface area contributed by atoms with Gasteiger partial charge in [-0.3, -0.25) is 24.3 Å². The molecule has 0 saturated heterocycles. The van der Waals surface area contributed by atoms with E-state index in [9.17, 15) is 19.7 Å². The zero-order valence-corrected chi connectivity index (χ0v) is 16.1. The molecule has 148 valence electrons. The van der Waals surface area contributed by atoms with Crippen LogP contribution in [0.1, 0.15) is 28.8 Å². The van der Waals surface area contributed by atoms with Gasteiger partial charge >= 0.3 is 0 Å². The van der Waals surface area contributed by atoms with Crippen molar-refractivity contribution in [3.8, 4) is 0 Å². The molecule has 0 saturated carbocycles. The highest BCUT2D eigenvalue weighted by Gasteiger charge is 2.20. The number of aryl methyl sites for hydroxylation is 2. The van der Waals surface area contributed by atoms with E-state index in [1.165, 1.54) is 46.3 Å². The van der Waals surface area contributed by atoms with E-state index in [0.29, 0.717) is 10.9 Å². The first-order valence-electron chi connectivity index (χ1n) is 9.09. The maximum atomic E-state index is 12.8. The van der Waals surface area contributed by atoms with E-state index < -0.39 is 10.8 Å². The molecule has 1 aliphatic carbocycles. The molecule has 1 aliphatic rings. The summed E-state index contributed by atoms with van der Waals surface area (Å²) >= 11 is 1.57. The van der Waals surface area contributed by atoms with Crippen molar-refractivity contribution in [2.24, 2.45) is 5.10 Å². The molecule has 2 heterocycles. The van der Waals surface area contributed by atoms with Crippen LogP contribution in [0.2, 0.25) is 0 Å². The quantitative estimate of drug-likeness (QED) is 0.393. The summed E-state index contributed by atoms with van der Waals surface area (Å²) in [6.45, 7) is -0.190.